The topological polar surface area (TPSA) is 63.9 Å². The molecule has 1 aromatic heterocycles. The Morgan fingerprint density at radius 1 is 1.45 bits per heavy atom. The highest BCUT2D eigenvalue weighted by Crippen LogP contribution is 2.23. The summed E-state index contributed by atoms with van der Waals surface area (Å²) in [5, 5.41) is 12.3. The number of aromatic nitrogens is 4. The normalized spacial score (nSPS) is 19.6. The summed E-state index contributed by atoms with van der Waals surface area (Å²) >= 11 is 1.43. The predicted octanol–water partition coefficient (Wildman–Crippen LogP) is 2.14. The van der Waals surface area contributed by atoms with Crippen molar-refractivity contribution in [3.63, 3.8) is 0 Å². The van der Waals surface area contributed by atoms with E-state index < -0.39 is 0 Å². The Labute approximate surface area is 124 Å². The van der Waals surface area contributed by atoms with Gasteiger partial charge in [-0.15, -0.1) is 5.10 Å². The van der Waals surface area contributed by atoms with E-state index in [4.69, 9.17) is 0 Å². The quantitative estimate of drug-likeness (QED) is 0.779. The minimum atomic E-state index is 0.208. The smallest absolute Gasteiger partial charge is 0.233 e. The number of carbonyl (C=O) groups excluding carboxylic acids is 1. The number of hydrogen-bond donors (Lipinski definition) is 0. The Morgan fingerprint density at radius 3 is 2.95 bits per heavy atom. The maximum Gasteiger partial charge on any atom is 0.233 e. The zero-order valence-corrected chi connectivity index (χ0v) is 13.3. The first kappa shape index (κ1) is 15.3. The van der Waals surface area contributed by atoms with Crippen molar-refractivity contribution in [2.45, 2.75) is 63.7 Å². The molecule has 1 saturated heterocycles. The molecule has 0 radical (unpaired) electrons. The van der Waals surface area contributed by atoms with Crippen LogP contribution in [0.5, 0.6) is 0 Å². The van der Waals surface area contributed by atoms with E-state index in [1.165, 1.54) is 18.2 Å². The minimum absolute atomic E-state index is 0.208. The van der Waals surface area contributed by atoms with Crippen LogP contribution < -0.4 is 0 Å². The molecular formula is C13H23N5OS. The number of rotatable bonds is 5. The van der Waals surface area contributed by atoms with Crippen LogP contribution in [0.1, 0.15) is 52.5 Å². The average Bonchev–Trinajstić information content (AvgIpc) is 2.93. The van der Waals surface area contributed by atoms with Crippen molar-refractivity contribution in [1.29, 1.82) is 0 Å². The van der Waals surface area contributed by atoms with Crippen LogP contribution in [0.4, 0.5) is 0 Å². The van der Waals surface area contributed by atoms with E-state index in [2.05, 4.69) is 22.4 Å². The molecule has 0 spiro atoms. The maximum atomic E-state index is 12.4. The largest absolute Gasteiger partial charge is 0.339 e. The molecule has 1 unspecified atom stereocenters. The highest BCUT2D eigenvalue weighted by molar-refractivity contribution is 7.99. The van der Waals surface area contributed by atoms with Gasteiger partial charge in [0.1, 0.15) is 0 Å². The monoisotopic (exact) mass is 297 g/mol. The standard InChI is InChI=1S/C13H23N5OS/c1-4-11-7-5-6-8-17(11)12(19)9-20-13-14-15-16-18(13)10(2)3/h10-11H,4-9H2,1-3H3. The second-order valence-electron chi connectivity index (χ2n) is 5.43. The molecule has 20 heavy (non-hydrogen) atoms. The van der Waals surface area contributed by atoms with Gasteiger partial charge < -0.3 is 4.90 Å². The number of likely N-dealkylation sites (tertiary alicyclic amines) is 1. The van der Waals surface area contributed by atoms with Crippen LogP contribution >= 0.6 is 11.8 Å². The summed E-state index contributed by atoms with van der Waals surface area (Å²) in [7, 11) is 0. The van der Waals surface area contributed by atoms with Crippen LogP contribution in [0.2, 0.25) is 0 Å². The first-order chi connectivity index (χ1) is 9.63. The summed E-state index contributed by atoms with van der Waals surface area (Å²) in [6.07, 6.45) is 4.54. The lowest BCUT2D eigenvalue weighted by Gasteiger charge is -2.35. The molecule has 1 atom stereocenters. The molecule has 1 aliphatic heterocycles. The summed E-state index contributed by atoms with van der Waals surface area (Å²) in [5.41, 5.74) is 0. The summed E-state index contributed by atoms with van der Waals surface area (Å²) in [5.74, 6) is 0.628. The van der Waals surface area contributed by atoms with Crippen LogP contribution in [0.3, 0.4) is 0 Å². The van der Waals surface area contributed by atoms with Crippen molar-refractivity contribution >= 4 is 17.7 Å². The van der Waals surface area contributed by atoms with Crippen molar-refractivity contribution in [3.8, 4) is 0 Å². The fourth-order valence-electron chi connectivity index (χ4n) is 2.57. The highest BCUT2D eigenvalue weighted by atomic mass is 32.2. The van der Waals surface area contributed by atoms with Gasteiger partial charge in [0.15, 0.2) is 0 Å². The van der Waals surface area contributed by atoms with E-state index in [-0.39, 0.29) is 11.9 Å². The molecule has 1 aromatic rings. The zero-order valence-electron chi connectivity index (χ0n) is 12.4. The third-order valence-corrected chi connectivity index (χ3v) is 4.61. The molecular weight excluding hydrogens is 274 g/mol. The Balaban J connectivity index is 1.92. The maximum absolute atomic E-state index is 12.4. The van der Waals surface area contributed by atoms with Crippen LogP contribution in [-0.2, 0) is 4.79 Å². The molecule has 112 valence electrons. The molecule has 1 amide bonds. The van der Waals surface area contributed by atoms with Gasteiger partial charge in [-0.3, -0.25) is 4.79 Å². The Bertz CT molecular complexity index is 448. The Morgan fingerprint density at radius 2 is 2.25 bits per heavy atom. The highest BCUT2D eigenvalue weighted by Gasteiger charge is 2.25. The molecule has 1 fully saturated rings. The SMILES string of the molecule is CCC1CCCCN1C(=O)CSc1nnnn1C(C)C. The molecule has 2 heterocycles. The van der Waals surface area contributed by atoms with E-state index in [1.54, 1.807) is 4.68 Å². The lowest BCUT2D eigenvalue weighted by molar-refractivity contribution is -0.132. The second-order valence-corrected chi connectivity index (χ2v) is 6.38. The van der Waals surface area contributed by atoms with E-state index in [0.29, 0.717) is 11.8 Å². The van der Waals surface area contributed by atoms with Crippen molar-refractivity contribution in [3.05, 3.63) is 0 Å². The van der Waals surface area contributed by atoms with Crippen LogP contribution in [0.25, 0.3) is 0 Å². The van der Waals surface area contributed by atoms with Crippen LogP contribution in [0.15, 0.2) is 5.16 Å². The summed E-state index contributed by atoms with van der Waals surface area (Å²) < 4.78 is 1.76. The zero-order chi connectivity index (χ0) is 14.5. The number of nitrogens with zero attached hydrogens (tertiary/aromatic N) is 5. The number of thioether (sulfide) groups is 1. The van der Waals surface area contributed by atoms with Gasteiger partial charge in [-0.05, 0) is 50.0 Å². The second kappa shape index (κ2) is 7.06. The lowest BCUT2D eigenvalue weighted by atomic mass is 10.0. The van der Waals surface area contributed by atoms with Gasteiger partial charge in [0, 0.05) is 12.6 Å². The van der Waals surface area contributed by atoms with Gasteiger partial charge in [-0.25, -0.2) is 4.68 Å². The van der Waals surface area contributed by atoms with Gasteiger partial charge in [0.05, 0.1) is 11.8 Å². The molecule has 0 aromatic carbocycles. The van der Waals surface area contributed by atoms with E-state index in [1.807, 2.05) is 18.7 Å². The van der Waals surface area contributed by atoms with Gasteiger partial charge in [-0.2, -0.15) is 0 Å². The first-order valence-electron chi connectivity index (χ1n) is 7.33. The molecule has 7 heteroatoms. The van der Waals surface area contributed by atoms with Crippen molar-refractivity contribution < 1.29 is 4.79 Å². The van der Waals surface area contributed by atoms with Crippen LogP contribution in [-0.4, -0.2) is 49.4 Å². The van der Waals surface area contributed by atoms with E-state index in [9.17, 15) is 4.79 Å². The summed E-state index contributed by atoms with van der Waals surface area (Å²) in [4.78, 5) is 14.4. The van der Waals surface area contributed by atoms with Gasteiger partial charge in [0.25, 0.3) is 0 Å². The molecule has 6 nitrogen and oxygen atoms in total. The van der Waals surface area contributed by atoms with Crippen molar-refractivity contribution in [2.24, 2.45) is 0 Å². The average molecular weight is 297 g/mol. The lowest BCUT2D eigenvalue weighted by Crippen LogP contribution is -2.44. The Kier molecular flexibility index (Phi) is 5.39. The van der Waals surface area contributed by atoms with Gasteiger partial charge >= 0.3 is 0 Å². The minimum Gasteiger partial charge on any atom is -0.339 e. The molecule has 0 N–H and O–H groups in total. The summed E-state index contributed by atoms with van der Waals surface area (Å²) in [6, 6.07) is 0.624. The van der Waals surface area contributed by atoms with Crippen LogP contribution in [0, 0.1) is 0 Å². The van der Waals surface area contributed by atoms with Gasteiger partial charge in [0.2, 0.25) is 11.1 Å². The number of carbonyl (C=O) groups is 1. The third kappa shape index (κ3) is 3.50. The fraction of sp³-hybridized carbons (Fsp3) is 0.846. The molecule has 2 rings (SSSR count). The first-order valence-corrected chi connectivity index (χ1v) is 8.32. The van der Waals surface area contributed by atoms with Crippen molar-refractivity contribution in [1.82, 2.24) is 25.1 Å². The number of amides is 1. The number of hydrogen-bond acceptors (Lipinski definition) is 5. The van der Waals surface area contributed by atoms with E-state index in [0.717, 1.165) is 31.0 Å². The molecule has 1 aliphatic rings. The molecule has 0 aliphatic carbocycles. The number of piperidine rings is 1. The summed E-state index contributed by atoms with van der Waals surface area (Å²) in [6.45, 7) is 7.11. The molecule has 0 saturated carbocycles. The fourth-order valence-corrected chi connectivity index (χ4v) is 3.46. The van der Waals surface area contributed by atoms with Gasteiger partial charge in [-0.1, -0.05) is 18.7 Å². The number of tetrazole rings is 1. The van der Waals surface area contributed by atoms with E-state index >= 15 is 0 Å². The molecule has 0 bridgehead atoms. The van der Waals surface area contributed by atoms with Crippen molar-refractivity contribution in [2.75, 3.05) is 12.3 Å². The predicted molar refractivity (Wildman–Crippen MR) is 78.6 cm³/mol. The Hall–Kier alpha value is -1.11. The third-order valence-electron chi connectivity index (χ3n) is 3.70.